The Kier molecular flexibility index (Phi) is 5.18. The van der Waals surface area contributed by atoms with Crippen LogP contribution in [-0.2, 0) is 4.74 Å². The first kappa shape index (κ1) is 17.2. The molecule has 0 unspecified atom stereocenters. The number of ketones is 1. The number of rotatable bonds is 4. The van der Waals surface area contributed by atoms with E-state index in [0.717, 1.165) is 10.7 Å². The molecule has 8 heteroatoms. The van der Waals surface area contributed by atoms with Crippen molar-refractivity contribution >= 4 is 35.0 Å². The fraction of sp³-hybridized carbons (Fsp3) is 0.200. The maximum Gasteiger partial charge on any atom is 0.343 e. The number of hydrogen-bond acceptors (Lipinski definition) is 5. The average Bonchev–Trinajstić information content (AvgIpc) is 2.48. The van der Waals surface area contributed by atoms with Crippen LogP contribution in [0, 0.1) is 0 Å². The van der Waals surface area contributed by atoms with E-state index in [9.17, 15) is 14.4 Å². The van der Waals surface area contributed by atoms with E-state index < -0.39 is 17.3 Å². The summed E-state index contributed by atoms with van der Waals surface area (Å²) in [7, 11) is 0. The Bertz CT molecular complexity index is 846. The van der Waals surface area contributed by atoms with Crippen molar-refractivity contribution in [2.24, 2.45) is 0 Å². The molecule has 0 N–H and O–H groups in total. The van der Waals surface area contributed by atoms with Gasteiger partial charge in [-0.15, -0.1) is 0 Å². The summed E-state index contributed by atoms with van der Waals surface area (Å²) in [6.07, 6.45) is 0. The highest BCUT2D eigenvalue weighted by molar-refractivity contribution is 6.35. The van der Waals surface area contributed by atoms with Crippen molar-refractivity contribution in [3.05, 3.63) is 55.9 Å². The third-order valence-electron chi connectivity index (χ3n) is 2.91. The summed E-state index contributed by atoms with van der Waals surface area (Å²) >= 11 is 11.9. The summed E-state index contributed by atoms with van der Waals surface area (Å²) in [6.45, 7) is 2.98. The Balaban J connectivity index is 2.74. The third kappa shape index (κ3) is 3.60. The number of carbonyl (C=O) groups excluding carboxylic acids is 2. The van der Waals surface area contributed by atoms with Gasteiger partial charge in [0.05, 0.1) is 17.3 Å². The molecule has 1 heterocycles. The molecule has 0 bridgehead atoms. The van der Waals surface area contributed by atoms with Gasteiger partial charge in [0.25, 0.3) is 5.56 Å². The summed E-state index contributed by atoms with van der Waals surface area (Å²) < 4.78 is 5.73. The minimum atomic E-state index is -0.832. The molecule has 120 valence electrons. The maximum absolute atomic E-state index is 12.5. The number of nitrogens with zero attached hydrogens (tertiary/aromatic N) is 2. The van der Waals surface area contributed by atoms with Crippen molar-refractivity contribution in [1.29, 1.82) is 0 Å². The average molecular weight is 355 g/mol. The van der Waals surface area contributed by atoms with Crippen LogP contribution in [0.2, 0.25) is 10.0 Å². The maximum atomic E-state index is 12.5. The van der Waals surface area contributed by atoms with Crippen LogP contribution < -0.4 is 5.56 Å². The van der Waals surface area contributed by atoms with E-state index in [2.05, 4.69) is 5.10 Å². The molecule has 0 atom stereocenters. The van der Waals surface area contributed by atoms with E-state index >= 15 is 0 Å². The number of halogens is 2. The van der Waals surface area contributed by atoms with Gasteiger partial charge in [-0.05, 0) is 31.2 Å². The van der Waals surface area contributed by atoms with Crippen molar-refractivity contribution in [3.63, 3.8) is 0 Å². The largest absolute Gasteiger partial charge is 0.462 e. The first-order chi connectivity index (χ1) is 10.8. The van der Waals surface area contributed by atoms with Crippen LogP contribution in [0.3, 0.4) is 0 Å². The lowest BCUT2D eigenvalue weighted by Crippen LogP contribution is -2.30. The quantitative estimate of drug-likeness (QED) is 0.623. The molecule has 0 saturated carbocycles. The molecule has 0 radical (unpaired) electrons. The minimum Gasteiger partial charge on any atom is -0.462 e. The Morgan fingerprint density at radius 3 is 2.52 bits per heavy atom. The van der Waals surface area contributed by atoms with Gasteiger partial charge in [-0.1, -0.05) is 23.2 Å². The fourth-order valence-corrected chi connectivity index (χ4v) is 2.33. The van der Waals surface area contributed by atoms with Crippen LogP contribution in [0.5, 0.6) is 0 Å². The molecule has 0 saturated heterocycles. The first-order valence-corrected chi connectivity index (χ1v) is 7.38. The SMILES string of the molecule is CCOC(=O)c1cc(C(C)=O)nn(-c2ccc(Cl)cc2Cl)c1=O. The smallest absolute Gasteiger partial charge is 0.343 e. The summed E-state index contributed by atoms with van der Waals surface area (Å²) in [5.74, 6) is -1.24. The van der Waals surface area contributed by atoms with E-state index in [1.165, 1.54) is 25.1 Å². The number of esters is 1. The van der Waals surface area contributed by atoms with E-state index in [1.54, 1.807) is 6.92 Å². The zero-order valence-electron chi connectivity index (χ0n) is 12.3. The second kappa shape index (κ2) is 6.93. The second-order valence-corrected chi connectivity index (χ2v) is 5.38. The van der Waals surface area contributed by atoms with E-state index in [0.29, 0.717) is 5.02 Å². The molecule has 0 fully saturated rings. The summed E-state index contributed by atoms with van der Waals surface area (Å²) in [6, 6.07) is 5.53. The lowest BCUT2D eigenvalue weighted by Gasteiger charge is -2.10. The molecule has 23 heavy (non-hydrogen) atoms. The zero-order chi connectivity index (χ0) is 17.1. The Labute approximate surface area is 141 Å². The van der Waals surface area contributed by atoms with Crippen molar-refractivity contribution in [3.8, 4) is 5.69 Å². The van der Waals surface area contributed by atoms with Crippen LogP contribution >= 0.6 is 23.2 Å². The van der Waals surface area contributed by atoms with Gasteiger partial charge in [0.15, 0.2) is 5.78 Å². The molecule has 1 aromatic carbocycles. The highest BCUT2D eigenvalue weighted by Crippen LogP contribution is 2.23. The van der Waals surface area contributed by atoms with Crippen molar-refractivity contribution < 1.29 is 14.3 Å². The standard InChI is InChI=1S/C15H12Cl2N2O4/c1-3-23-15(22)10-7-12(8(2)20)18-19(14(10)21)13-5-4-9(16)6-11(13)17/h4-7H,3H2,1-2H3. The highest BCUT2D eigenvalue weighted by atomic mass is 35.5. The minimum absolute atomic E-state index is 0.0568. The zero-order valence-corrected chi connectivity index (χ0v) is 13.8. The molecular formula is C15H12Cl2N2O4. The molecule has 0 aliphatic rings. The third-order valence-corrected chi connectivity index (χ3v) is 3.44. The summed E-state index contributed by atoms with van der Waals surface area (Å²) in [5.41, 5.74) is -0.885. The number of benzene rings is 1. The Morgan fingerprint density at radius 1 is 1.26 bits per heavy atom. The van der Waals surface area contributed by atoms with Crippen LogP contribution in [0.4, 0.5) is 0 Å². The molecule has 0 amide bonds. The molecule has 2 aromatic rings. The molecule has 0 aliphatic carbocycles. The molecule has 1 aromatic heterocycles. The van der Waals surface area contributed by atoms with Crippen LogP contribution in [0.1, 0.15) is 34.7 Å². The summed E-state index contributed by atoms with van der Waals surface area (Å²) in [4.78, 5) is 36.1. The van der Waals surface area contributed by atoms with Crippen LogP contribution in [0.25, 0.3) is 5.69 Å². The van der Waals surface area contributed by atoms with E-state index in [4.69, 9.17) is 27.9 Å². The van der Waals surface area contributed by atoms with Gasteiger partial charge in [0.1, 0.15) is 11.3 Å². The van der Waals surface area contributed by atoms with Crippen molar-refractivity contribution in [1.82, 2.24) is 9.78 Å². The molecular weight excluding hydrogens is 343 g/mol. The Morgan fingerprint density at radius 2 is 1.96 bits per heavy atom. The van der Waals surface area contributed by atoms with E-state index in [1.807, 2.05) is 0 Å². The van der Waals surface area contributed by atoms with Gasteiger partial charge < -0.3 is 4.74 Å². The van der Waals surface area contributed by atoms with Gasteiger partial charge in [0, 0.05) is 11.9 Å². The number of Topliss-reactive ketones (excluding diaryl/α,β-unsaturated/α-hetero) is 1. The normalized spacial score (nSPS) is 10.4. The van der Waals surface area contributed by atoms with E-state index in [-0.39, 0.29) is 28.6 Å². The van der Waals surface area contributed by atoms with Crippen molar-refractivity contribution in [2.45, 2.75) is 13.8 Å². The topological polar surface area (TPSA) is 78.3 Å². The predicted octanol–water partition coefficient (Wildman–Crippen LogP) is 2.92. The lowest BCUT2D eigenvalue weighted by molar-refractivity contribution is 0.0523. The predicted molar refractivity (Wildman–Crippen MR) is 85.8 cm³/mol. The first-order valence-electron chi connectivity index (χ1n) is 6.63. The second-order valence-electron chi connectivity index (χ2n) is 4.53. The Hall–Kier alpha value is -2.18. The van der Waals surface area contributed by atoms with Gasteiger partial charge >= 0.3 is 5.97 Å². The summed E-state index contributed by atoms with van der Waals surface area (Å²) in [5, 5.41) is 4.49. The van der Waals surface area contributed by atoms with Gasteiger partial charge in [-0.25, -0.2) is 4.79 Å². The fourth-order valence-electron chi connectivity index (χ4n) is 1.84. The van der Waals surface area contributed by atoms with Gasteiger partial charge in [-0.3, -0.25) is 9.59 Å². The number of aromatic nitrogens is 2. The van der Waals surface area contributed by atoms with Crippen molar-refractivity contribution in [2.75, 3.05) is 6.61 Å². The van der Waals surface area contributed by atoms with Gasteiger partial charge in [-0.2, -0.15) is 9.78 Å². The monoisotopic (exact) mass is 354 g/mol. The van der Waals surface area contributed by atoms with Crippen LogP contribution in [0.15, 0.2) is 29.1 Å². The molecule has 0 aliphatic heterocycles. The number of carbonyl (C=O) groups is 2. The number of hydrogen-bond donors (Lipinski definition) is 0. The van der Waals surface area contributed by atoms with Crippen LogP contribution in [-0.4, -0.2) is 28.1 Å². The lowest BCUT2D eigenvalue weighted by atomic mass is 10.2. The number of ether oxygens (including phenoxy) is 1. The highest BCUT2D eigenvalue weighted by Gasteiger charge is 2.20. The molecule has 0 spiro atoms. The molecule has 2 rings (SSSR count). The van der Waals surface area contributed by atoms with Gasteiger partial charge in [0.2, 0.25) is 0 Å². The molecule has 6 nitrogen and oxygen atoms in total.